The molecule has 0 radical (unpaired) electrons. The van der Waals surface area contributed by atoms with E-state index in [1.54, 1.807) is 6.92 Å². The van der Waals surface area contributed by atoms with Gasteiger partial charge in [-0.25, -0.2) is 4.39 Å². The van der Waals surface area contributed by atoms with Crippen molar-refractivity contribution in [1.82, 2.24) is 0 Å². The zero-order valence-electron chi connectivity index (χ0n) is 10.9. The first-order valence-electron chi connectivity index (χ1n) is 5.90. The van der Waals surface area contributed by atoms with Crippen LogP contribution in [-0.2, 0) is 0 Å². The van der Waals surface area contributed by atoms with Crippen LogP contribution >= 0.6 is 11.6 Å². The van der Waals surface area contributed by atoms with Crippen molar-refractivity contribution in [3.63, 3.8) is 0 Å². The third-order valence-electron chi connectivity index (χ3n) is 2.85. The van der Waals surface area contributed by atoms with E-state index in [1.165, 1.54) is 30.3 Å². The van der Waals surface area contributed by atoms with Crippen LogP contribution in [0.5, 0.6) is 0 Å². The Morgan fingerprint density at radius 1 is 1.29 bits per heavy atom. The summed E-state index contributed by atoms with van der Waals surface area (Å²) in [4.78, 5) is 22.3. The molecule has 2 aromatic rings. The monoisotopic (exact) mass is 308 g/mol. The first-order chi connectivity index (χ1) is 9.88. The van der Waals surface area contributed by atoms with E-state index in [4.69, 9.17) is 11.6 Å². The van der Waals surface area contributed by atoms with Gasteiger partial charge in [0.15, 0.2) is 0 Å². The predicted molar refractivity (Wildman–Crippen MR) is 77.2 cm³/mol. The van der Waals surface area contributed by atoms with Crippen LogP contribution in [0.3, 0.4) is 0 Å². The number of anilines is 1. The number of nitrogens with zero attached hydrogens (tertiary/aromatic N) is 1. The van der Waals surface area contributed by atoms with E-state index >= 15 is 0 Å². The largest absolute Gasteiger partial charge is 0.322 e. The molecule has 0 heterocycles. The molecule has 0 aliphatic rings. The number of hydrogen-bond donors (Lipinski definition) is 1. The van der Waals surface area contributed by atoms with Gasteiger partial charge in [-0.1, -0.05) is 17.7 Å². The molecular formula is C14H10ClFN2O3. The van der Waals surface area contributed by atoms with Gasteiger partial charge in [-0.05, 0) is 30.7 Å². The highest BCUT2D eigenvalue weighted by molar-refractivity contribution is 6.30. The molecule has 1 N–H and O–H groups in total. The van der Waals surface area contributed by atoms with E-state index in [2.05, 4.69) is 5.32 Å². The molecule has 21 heavy (non-hydrogen) atoms. The maximum atomic E-state index is 13.3. The number of nitro groups is 1. The van der Waals surface area contributed by atoms with Gasteiger partial charge in [0.05, 0.1) is 9.95 Å². The summed E-state index contributed by atoms with van der Waals surface area (Å²) in [5.41, 5.74) is 0.757. The maximum Gasteiger partial charge on any atom is 0.270 e. The molecule has 0 aliphatic heterocycles. The van der Waals surface area contributed by atoms with Crippen LogP contribution in [0.1, 0.15) is 15.9 Å². The second-order valence-corrected chi connectivity index (χ2v) is 4.75. The Kier molecular flexibility index (Phi) is 4.18. The van der Waals surface area contributed by atoms with Crippen molar-refractivity contribution in [2.24, 2.45) is 0 Å². The summed E-state index contributed by atoms with van der Waals surface area (Å²) >= 11 is 5.55. The van der Waals surface area contributed by atoms with Gasteiger partial charge in [0, 0.05) is 23.4 Å². The minimum Gasteiger partial charge on any atom is -0.322 e. The Labute approximate surface area is 124 Å². The molecule has 7 heteroatoms. The summed E-state index contributed by atoms with van der Waals surface area (Å²) in [5.74, 6) is -1.22. The fraction of sp³-hybridized carbons (Fsp3) is 0.0714. The Bertz CT molecular complexity index is 734. The molecule has 0 saturated carbocycles. The van der Waals surface area contributed by atoms with Gasteiger partial charge in [-0.15, -0.1) is 0 Å². The summed E-state index contributed by atoms with van der Waals surface area (Å²) in [5, 5.41) is 13.2. The maximum absolute atomic E-state index is 13.3. The molecule has 108 valence electrons. The molecule has 0 fully saturated rings. The minimum absolute atomic E-state index is 0.0560. The van der Waals surface area contributed by atoms with Crippen molar-refractivity contribution < 1.29 is 14.1 Å². The normalized spacial score (nSPS) is 10.2. The smallest absolute Gasteiger partial charge is 0.270 e. The number of nitro benzene ring substituents is 1. The summed E-state index contributed by atoms with van der Waals surface area (Å²) in [7, 11) is 0. The number of amides is 1. The quantitative estimate of drug-likeness (QED) is 0.689. The third-order valence-corrected chi connectivity index (χ3v) is 3.16. The number of aryl methyl sites for hydroxylation is 1. The SMILES string of the molecule is Cc1ccc([N+](=O)[O-])cc1C(=O)Nc1ccc(Cl)c(F)c1. The van der Waals surface area contributed by atoms with Crippen molar-refractivity contribution in [3.8, 4) is 0 Å². The highest BCUT2D eigenvalue weighted by Gasteiger charge is 2.15. The van der Waals surface area contributed by atoms with Crippen molar-refractivity contribution in [2.75, 3.05) is 5.32 Å². The van der Waals surface area contributed by atoms with Gasteiger partial charge in [0.25, 0.3) is 11.6 Å². The lowest BCUT2D eigenvalue weighted by Gasteiger charge is -2.08. The lowest BCUT2D eigenvalue weighted by Crippen LogP contribution is -2.13. The molecule has 0 spiro atoms. The first-order valence-corrected chi connectivity index (χ1v) is 6.27. The summed E-state index contributed by atoms with van der Waals surface area (Å²) in [6, 6.07) is 7.80. The second kappa shape index (κ2) is 5.88. The van der Waals surface area contributed by atoms with Crippen LogP contribution < -0.4 is 5.32 Å². The van der Waals surface area contributed by atoms with Gasteiger partial charge < -0.3 is 5.32 Å². The van der Waals surface area contributed by atoms with E-state index in [-0.39, 0.29) is 22.0 Å². The van der Waals surface area contributed by atoms with Gasteiger partial charge in [0.1, 0.15) is 5.82 Å². The van der Waals surface area contributed by atoms with Crippen molar-refractivity contribution in [2.45, 2.75) is 6.92 Å². The molecule has 0 atom stereocenters. The number of benzene rings is 2. The molecular weight excluding hydrogens is 299 g/mol. The van der Waals surface area contributed by atoms with E-state index in [0.29, 0.717) is 5.56 Å². The standard InChI is InChI=1S/C14H10ClFN2O3/c1-8-2-4-10(18(20)21)7-11(8)14(19)17-9-3-5-12(15)13(16)6-9/h2-7H,1H3,(H,17,19). The fourth-order valence-corrected chi connectivity index (χ4v) is 1.86. The Hall–Kier alpha value is -2.47. The van der Waals surface area contributed by atoms with Gasteiger partial charge in [-0.2, -0.15) is 0 Å². The zero-order valence-corrected chi connectivity index (χ0v) is 11.6. The zero-order chi connectivity index (χ0) is 15.6. The molecule has 5 nitrogen and oxygen atoms in total. The summed E-state index contributed by atoms with van der Waals surface area (Å²) < 4.78 is 13.3. The van der Waals surface area contributed by atoms with E-state index in [0.717, 1.165) is 6.07 Å². The lowest BCUT2D eigenvalue weighted by atomic mass is 10.1. The number of carbonyl (C=O) groups is 1. The Morgan fingerprint density at radius 2 is 2.00 bits per heavy atom. The molecule has 0 unspecified atom stereocenters. The predicted octanol–water partition coefficient (Wildman–Crippen LogP) is 3.95. The Morgan fingerprint density at radius 3 is 2.62 bits per heavy atom. The average Bonchev–Trinajstić information content (AvgIpc) is 2.43. The molecule has 0 bridgehead atoms. The van der Waals surface area contributed by atoms with Gasteiger partial charge >= 0.3 is 0 Å². The fourth-order valence-electron chi connectivity index (χ4n) is 1.74. The summed E-state index contributed by atoms with van der Waals surface area (Å²) in [6.45, 7) is 1.65. The van der Waals surface area contributed by atoms with Crippen LogP contribution in [0.25, 0.3) is 0 Å². The number of nitrogens with one attached hydrogen (secondary N) is 1. The molecule has 0 saturated heterocycles. The molecule has 0 aliphatic carbocycles. The van der Waals surface area contributed by atoms with Crippen molar-refractivity contribution >= 4 is 28.9 Å². The lowest BCUT2D eigenvalue weighted by molar-refractivity contribution is -0.384. The van der Waals surface area contributed by atoms with Crippen molar-refractivity contribution in [3.05, 3.63) is 68.5 Å². The number of carbonyl (C=O) groups excluding carboxylic acids is 1. The van der Waals surface area contributed by atoms with Gasteiger partial charge in [-0.3, -0.25) is 14.9 Å². The van der Waals surface area contributed by atoms with Crippen LogP contribution in [0.4, 0.5) is 15.8 Å². The van der Waals surface area contributed by atoms with E-state index < -0.39 is 16.6 Å². The summed E-state index contributed by atoms with van der Waals surface area (Å²) in [6.07, 6.45) is 0. The van der Waals surface area contributed by atoms with Crippen molar-refractivity contribution in [1.29, 1.82) is 0 Å². The minimum atomic E-state index is -0.662. The average molecular weight is 309 g/mol. The van der Waals surface area contributed by atoms with E-state index in [1.807, 2.05) is 0 Å². The van der Waals surface area contributed by atoms with Crippen LogP contribution in [-0.4, -0.2) is 10.8 Å². The van der Waals surface area contributed by atoms with Gasteiger partial charge in [0.2, 0.25) is 0 Å². The Balaban J connectivity index is 2.29. The number of hydrogen-bond acceptors (Lipinski definition) is 3. The molecule has 2 rings (SSSR count). The van der Waals surface area contributed by atoms with E-state index in [9.17, 15) is 19.3 Å². The molecule has 0 aromatic heterocycles. The third kappa shape index (κ3) is 3.35. The first kappa shape index (κ1) is 14.9. The highest BCUT2D eigenvalue weighted by atomic mass is 35.5. The van der Waals surface area contributed by atoms with Crippen LogP contribution in [0.2, 0.25) is 5.02 Å². The second-order valence-electron chi connectivity index (χ2n) is 4.34. The van der Waals surface area contributed by atoms with Crippen LogP contribution in [0.15, 0.2) is 36.4 Å². The van der Waals surface area contributed by atoms with Crippen LogP contribution in [0, 0.1) is 22.9 Å². The number of rotatable bonds is 3. The molecule has 1 amide bonds. The molecule has 2 aromatic carbocycles. The topological polar surface area (TPSA) is 72.2 Å². The highest BCUT2D eigenvalue weighted by Crippen LogP contribution is 2.21. The number of halogens is 2. The number of non-ortho nitro benzene ring substituents is 1.